The molecular weight excluding hydrogens is 366 g/mol. The molecule has 6 nitrogen and oxygen atoms in total. The lowest BCUT2D eigenvalue weighted by atomic mass is 9.95. The number of furan rings is 1. The molecule has 1 aliphatic rings. The van der Waals surface area contributed by atoms with Crippen LogP contribution in [0.1, 0.15) is 48.4 Å². The maximum atomic E-state index is 12.7. The van der Waals surface area contributed by atoms with Gasteiger partial charge in [0.1, 0.15) is 0 Å². The van der Waals surface area contributed by atoms with Gasteiger partial charge in [0, 0.05) is 32.1 Å². The fourth-order valence-electron chi connectivity index (χ4n) is 3.80. The van der Waals surface area contributed by atoms with Gasteiger partial charge in [-0.1, -0.05) is 38.1 Å². The number of nitrogens with zero attached hydrogens (tertiary/aromatic N) is 2. The number of carbonyl (C=O) groups is 2. The lowest BCUT2D eigenvalue weighted by Gasteiger charge is -2.30. The second-order valence-corrected chi connectivity index (χ2v) is 7.49. The van der Waals surface area contributed by atoms with Crippen molar-refractivity contribution in [1.29, 1.82) is 0 Å². The van der Waals surface area contributed by atoms with Crippen molar-refractivity contribution in [2.75, 3.05) is 26.2 Å². The van der Waals surface area contributed by atoms with E-state index in [-0.39, 0.29) is 17.7 Å². The molecule has 1 aromatic heterocycles. The van der Waals surface area contributed by atoms with Crippen LogP contribution in [0.5, 0.6) is 0 Å². The van der Waals surface area contributed by atoms with Gasteiger partial charge in [-0.3, -0.25) is 14.5 Å². The van der Waals surface area contributed by atoms with E-state index in [9.17, 15) is 9.59 Å². The van der Waals surface area contributed by atoms with Crippen LogP contribution in [0.2, 0.25) is 0 Å². The normalized spacial score (nSPS) is 14.9. The summed E-state index contributed by atoms with van der Waals surface area (Å²) >= 11 is 0. The molecule has 0 spiro atoms. The summed E-state index contributed by atoms with van der Waals surface area (Å²) < 4.78 is 5.19. The van der Waals surface area contributed by atoms with Crippen molar-refractivity contribution in [1.82, 2.24) is 15.1 Å². The highest BCUT2D eigenvalue weighted by Gasteiger charge is 2.28. The van der Waals surface area contributed by atoms with E-state index in [1.165, 1.54) is 11.8 Å². The maximum Gasteiger partial charge on any atom is 0.289 e. The maximum absolute atomic E-state index is 12.7. The molecule has 1 N–H and O–H groups in total. The van der Waals surface area contributed by atoms with Gasteiger partial charge in [-0.25, -0.2) is 0 Å². The Morgan fingerprint density at radius 2 is 1.76 bits per heavy atom. The smallest absolute Gasteiger partial charge is 0.289 e. The summed E-state index contributed by atoms with van der Waals surface area (Å²) in [6.45, 7) is 8.94. The SMILES string of the molecule is CCN(CC)Cc1ccccc1CNC(=O)C1CCN(C(=O)c2ccco2)CC1. The van der Waals surface area contributed by atoms with Crippen LogP contribution in [0.25, 0.3) is 0 Å². The number of rotatable bonds is 8. The molecule has 0 radical (unpaired) electrons. The minimum absolute atomic E-state index is 0.0504. The molecule has 0 saturated carbocycles. The summed E-state index contributed by atoms with van der Waals surface area (Å²) in [6.07, 6.45) is 2.87. The Kier molecular flexibility index (Phi) is 7.47. The van der Waals surface area contributed by atoms with Crippen LogP contribution in [0.15, 0.2) is 47.1 Å². The van der Waals surface area contributed by atoms with Gasteiger partial charge in [0.2, 0.25) is 5.91 Å². The first-order chi connectivity index (χ1) is 14.1. The minimum Gasteiger partial charge on any atom is -0.459 e. The van der Waals surface area contributed by atoms with Crippen LogP contribution in [0, 0.1) is 5.92 Å². The first kappa shape index (κ1) is 21.1. The standard InChI is InChI=1S/C23H31N3O3/c1-3-25(4-2)17-20-9-6-5-8-19(20)16-24-22(27)18-11-13-26(14-12-18)23(28)21-10-7-15-29-21/h5-10,15,18H,3-4,11-14,16-17H2,1-2H3,(H,24,27). The van der Waals surface area contributed by atoms with E-state index >= 15 is 0 Å². The van der Waals surface area contributed by atoms with Crippen molar-refractivity contribution >= 4 is 11.8 Å². The highest BCUT2D eigenvalue weighted by molar-refractivity contribution is 5.91. The Morgan fingerprint density at radius 3 is 2.38 bits per heavy atom. The summed E-state index contributed by atoms with van der Waals surface area (Å²) in [6, 6.07) is 11.7. The molecule has 0 bridgehead atoms. The second-order valence-electron chi connectivity index (χ2n) is 7.49. The van der Waals surface area contributed by atoms with Gasteiger partial charge in [-0.2, -0.15) is 0 Å². The molecular formula is C23H31N3O3. The van der Waals surface area contributed by atoms with Gasteiger partial charge in [0.05, 0.1) is 6.26 Å². The first-order valence-electron chi connectivity index (χ1n) is 10.5. The first-order valence-corrected chi connectivity index (χ1v) is 10.5. The molecule has 1 fully saturated rings. The van der Waals surface area contributed by atoms with Crippen LogP contribution in [0.4, 0.5) is 0 Å². The van der Waals surface area contributed by atoms with E-state index in [0.717, 1.165) is 25.2 Å². The molecule has 1 saturated heterocycles. The van der Waals surface area contributed by atoms with Gasteiger partial charge in [0.15, 0.2) is 5.76 Å². The molecule has 156 valence electrons. The molecule has 0 aliphatic carbocycles. The Morgan fingerprint density at radius 1 is 1.07 bits per heavy atom. The number of carbonyl (C=O) groups excluding carboxylic acids is 2. The predicted octanol–water partition coefficient (Wildman–Crippen LogP) is 3.29. The summed E-state index contributed by atoms with van der Waals surface area (Å²) in [5.41, 5.74) is 2.42. The molecule has 1 aromatic carbocycles. The van der Waals surface area contributed by atoms with Crippen LogP contribution in [-0.4, -0.2) is 47.8 Å². The van der Waals surface area contributed by atoms with E-state index in [2.05, 4.69) is 42.3 Å². The van der Waals surface area contributed by atoms with Crippen LogP contribution < -0.4 is 5.32 Å². The van der Waals surface area contributed by atoms with Gasteiger partial charge in [0.25, 0.3) is 5.91 Å². The third-order valence-corrected chi connectivity index (χ3v) is 5.74. The average Bonchev–Trinajstić information content (AvgIpc) is 3.31. The Labute approximate surface area is 172 Å². The molecule has 3 rings (SSSR count). The number of benzene rings is 1. The minimum atomic E-state index is -0.0980. The largest absolute Gasteiger partial charge is 0.459 e. The van der Waals surface area contributed by atoms with Gasteiger partial charge < -0.3 is 14.6 Å². The lowest BCUT2D eigenvalue weighted by molar-refractivity contribution is -0.126. The third kappa shape index (κ3) is 5.48. The molecule has 1 aliphatic heterocycles. The Bertz CT molecular complexity index is 791. The summed E-state index contributed by atoms with van der Waals surface area (Å²) in [5, 5.41) is 3.11. The topological polar surface area (TPSA) is 65.8 Å². The van der Waals surface area contributed by atoms with Crippen molar-refractivity contribution in [2.24, 2.45) is 5.92 Å². The number of hydrogen-bond donors (Lipinski definition) is 1. The van der Waals surface area contributed by atoms with Gasteiger partial charge in [-0.05, 0) is 49.2 Å². The summed E-state index contributed by atoms with van der Waals surface area (Å²) in [5.74, 6) is 0.287. The Hall–Kier alpha value is -2.60. The fraction of sp³-hybridized carbons (Fsp3) is 0.478. The predicted molar refractivity (Wildman–Crippen MR) is 112 cm³/mol. The zero-order valence-corrected chi connectivity index (χ0v) is 17.4. The third-order valence-electron chi connectivity index (χ3n) is 5.74. The molecule has 2 aromatic rings. The van der Waals surface area contributed by atoms with E-state index in [1.807, 2.05) is 6.07 Å². The molecule has 0 unspecified atom stereocenters. The van der Waals surface area contributed by atoms with Gasteiger partial charge in [-0.15, -0.1) is 0 Å². The number of hydrogen-bond acceptors (Lipinski definition) is 4. The zero-order chi connectivity index (χ0) is 20.6. The lowest BCUT2D eigenvalue weighted by Crippen LogP contribution is -2.42. The molecule has 0 atom stereocenters. The molecule has 2 amide bonds. The van der Waals surface area contributed by atoms with Gasteiger partial charge >= 0.3 is 0 Å². The van der Waals surface area contributed by atoms with Crippen molar-refractivity contribution in [3.05, 3.63) is 59.5 Å². The summed E-state index contributed by atoms with van der Waals surface area (Å²) in [4.78, 5) is 29.2. The van der Waals surface area contributed by atoms with Crippen LogP contribution in [-0.2, 0) is 17.9 Å². The molecule has 6 heteroatoms. The number of likely N-dealkylation sites (tertiary alicyclic amines) is 1. The van der Waals surface area contributed by atoms with Crippen molar-refractivity contribution < 1.29 is 14.0 Å². The van der Waals surface area contributed by atoms with E-state index in [1.54, 1.807) is 17.0 Å². The van der Waals surface area contributed by atoms with Crippen LogP contribution in [0.3, 0.4) is 0 Å². The van der Waals surface area contributed by atoms with E-state index in [0.29, 0.717) is 38.2 Å². The zero-order valence-electron chi connectivity index (χ0n) is 17.4. The number of nitrogens with one attached hydrogen (secondary N) is 1. The molecule has 2 heterocycles. The summed E-state index contributed by atoms with van der Waals surface area (Å²) in [7, 11) is 0. The average molecular weight is 398 g/mol. The molecule has 29 heavy (non-hydrogen) atoms. The number of piperidine rings is 1. The highest BCUT2D eigenvalue weighted by atomic mass is 16.3. The highest BCUT2D eigenvalue weighted by Crippen LogP contribution is 2.20. The second kappa shape index (κ2) is 10.3. The van der Waals surface area contributed by atoms with E-state index < -0.39 is 0 Å². The van der Waals surface area contributed by atoms with E-state index in [4.69, 9.17) is 4.42 Å². The Balaban J connectivity index is 1.50. The quantitative estimate of drug-likeness (QED) is 0.742. The number of amides is 2. The van der Waals surface area contributed by atoms with Crippen LogP contribution >= 0.6 is 0 Å². The fourth-order valence-corrected chi connectivity index (χ4v) is 3.80. The van der Waals surface area contributed by atoms with Crippen molar-refractivity contribution in [2.45, 2.75) is 39.8 Å². The monoisotopic (exact) mass is 397 g/mol. The van der Waals surface area contributed by atoms with Crippen molar-refractivity contribution in [3.63, 3.8) is 0 Å². The van der Waals surface area contributed by atoms with Crippen molar-refractivity contribution in [3.8, 4) is 0 Å².